The minimum Gasteiger partial charge on any atom is -0.382 e. The summed E-state index contributed by atoms with van der Waals surface area (Å²) >= 11 is 0. The molecular formula is C23H17FN6O2. The molecule has 4 aromatic rings. The molecule has 0 saturated heterocycles. The van der Waals surface area contributed by atoms with E-state index in [-0.39, 0.29) is 22.7 Å². The number of rotatable bonds is 4. The molecule has 0 saturated carbocycles. The zero-order valence-corrected chi connectivity index (χ0v) is 16.9. The van der Waals surface area contributed by atoms with Crippen molar-refractivity contribution in [1.82, 2.24) is 24.8 Å². The number of nitrogen functional groups attached to an aromatic ring is 1. The van der Waals surface area contributed by atoms with Gasteiger partial charge in [-0.25, -0.2) is 19.3 Å². The first-order valence-electron chi connectivity index (χ1n) is 9.56. The smallest absolute Gasteiger partial charge is 0.274 e. The zero-order valence-electron chi connectivity index (χ0n) is 16.9. The quantitative estimate of drug-likeness (QED) is 0.482. The van der Waals surface area contributed by atoms with Gasteiger partial charge in [-0.05, 0) is 43.3 Å². The lowest BCUT2D eigenvalue weighted by molar-refractivity contribution is 0.0933. The molecule has 1 atom stereocenters. The summed E-state index contributed by atoms with van der Waals surface area (Å²) < 4.78 is 14.8. The highest BCUT2D eigenvalue weighted by Gasteiger charge is 2.22. The molecule has 2 heterocycles. The van der Waals surface area contributed by atoms with Crippen LogP contribution in [0.5, 0.6) is 0 Å². The molecule has 2 aromatic heterocycles. The van der Waals surface area contributed by atoms with E-state index in [0.717, 1.165) is 0 Å². The number of nitrogens with two attached hydrogens (primary N) is 1. The van der Waals surface area contributed by atoms with Crippen LogP contribution in [0.1, 0.15) is 34.8 Å². The van der Waals surface area contributed by atoms with Gasteiger partial charge in [0, 0.05) is 18.0 Å². The minimum absolute atomic E-state index is 0.0294. The second kappa shape index (κ2) is 8.28. The summed E-state index contributed by atoms with van der Waals surface area (Å²) in [6, 6.07) is 9.59. The Balaban J connectivity index is 1.89. The Labute approximate surface area is 182 Å². The van der Waals surface area contributed by atoms with E-state index in [9.17, 15) is 14.0 Å². The van der Waals surface area contributed by atoms with Crippen LogP contribution in [-0.2, 0) is 0 Å². The lowest BCUT2D eigenvalue weighted by atomic mass is 10.1. The van der Waals surface area contributed by atoms with Crippen molar-refractivity contribution in [1.29, 1.82) is 0 Å². The number of carbonyl (C=O) groups excluding carboxylic acids is 1. The number of nitrogens with one attached hydrogen (secondary N) is 1. The first-order valence-corrected chi connectivity index (χ1v) is 9.56. The van der Waals surface area contributed by atoms with Gasteiger partial charge in [-0.1, -0.05) is 12.0 Å². The molecule has 4 rings (SSSR count). The third kappa shape index (κ3) is 3.65. The molecule has 2 aromatic carbocycles. The highest BCUT2D eigenvalue weighted by molar-refractivity contribution is 5.96. The van der Waals surface area contributed by atoms with Crippen LogP contribution >= 0.6 is 0 Å². The molecule has 0 aliphatic rings. The van der Waals surface area contributed by atoms with Crippen molar-refractivity contribution in [3.05, 3.63) is 88.1 Å². The zero-order chi connectivity index (χ0) is 22.8. The molecule has 32 heavy (non-hydrogen) atoms. The van der Waals surface area contributed by atoms with Gasteiger partial charge in [0.25, 0.3) is 11.5 Å². The predicted molar refractivity (Wildman–Crippen MR) is 118 cm³/mol. The molecule has 1 unspecified atom stereocenters. The molecule has 0 spiro atoms. The number of hydrogen-bond donors (Lipinski definition) is 2. The fourth-order valence-corrected chi connectivity index (χ4v) is 3.35. The van der Waals surface area contributed by atoms with E-state index in [1.807, 2.05) is 0 Å². The van der Waals surface area contributed by atoms with Crippen molar-refractivity contribution in [2.75, 3.05) is 5.73 Å². The van der Waals surface area contributed by atoms with E-state index in [0.29, 0.717) is 16.8 Å². The monoisotopic (exact) mass is 428 g/mol. The highest BCUT2D eigenvalue weighted by Crippen LogP contribution is 2.21. The van der Waals surface area contributed by atoms with Crippen LogP contribution in [0.25, 0.3) is 16.6 Å². The minimum atomic E-state index is -0.749. The SMILES string of the molecule is C#Cc1cccc2nc(C(C)NC(=O)c3nccnc3N)n(-c3ccc(F)cc3)c(=O)c12. The molecule has 0 aliphatic carbocycles. The molecule has 0 radical (unpaired) electrons. The Kier molecular flexibility index (Phi) is 5.35. The number of aromatic nitrogens is 4. The number of halogens is 1. The summed E-state index contributed by atoms with van der Waals surface area (Å²) in [5, 5.41) is 2.99. The highest BCUT2D eigenvalue weighted by atomic mass is 19.1. The van der Waals surface area contributed by atoms with Gasteiger partial charge >= 0.3 is 0 Å². The average molecular weight is 428 g/mol. The summed E-state index contributed by atoms with van der Waals surface area (Å²) in [6.07, 6.45) is 8.30. The predicted octanol–water partition coefficient (Wildman–Crippen LogP) is 2.37. The summed E-state index contributed by atoms with van der Waals surface area (Å²) in [6.45, 7) is 1.66. The van der Waals surface area contributed by atoms with E-state index in [2.05, 4.69) is 26.2 Å². The van der Waals surface area contributed by atoms with Crippen LogP contribution < -0.4 is 16.6 Å². The lowest BCUT2D eigenvalue weighted by Gasteiger charge is -2.20. The van der Waals surface area contributed by atoms with Crippen molar-refractivity contribution >= 4 is 22.6 Å². The summed E-state index contributed by atoms with van der Waals surface area (Å²) in [5.41, 5.74) is 6.38. The Hall–Kier alpha value is -4.58. The topological polar surface area (TPSA) is 116 Å². The number of anilines is 1. The third-order valence-electron chi connectivity index (χ3n) is 4.84. The van der Waals surface area contributed by atoms with Crippen LogP contribution in [0.2, 0.25) is 0 Å². The Morgan fingerprint density at radius 1 is 1.19 bits per heavy atom. The van der Waals surface area contributed by atoms with Gasteiger partial charge in [0.05, 0.1) is 22.6 Å². The van der Waals surface area contributed by atoms with E-state index in [4.69, 9.17) is 12.2 Å². The number of carbonyl (C=O) groups is 1. The molecule has 0 bridgehead atoms. The van der Waals surface area contributed by atoms with Gasteiger partial charge in [0.15, 0.2) is 11.5 Å². The largest absolute Gasteiger partial charge is 0.382 e. The number of fused-ring (bicyclic) bond motifs is 1. The summed E-state index contributed by atoms with van der Waals surface area (Å²) in [4.78, 5) is 38.6. The van der Waals surface area contributed by atoms with Crippen molar-refractivity contribution in [2.45, 2.75) is 13.0 Å². The van der Waals surface area contributed by atoms with E-state index < -0.39 is 23.3 Å². The molecule has 0 fully saturated rings. The van der Waals surface area contributed by atoms with Crippen LogP contribution in [0, 0.1) is 18.2 Å². The fraction of sp³-hybridized carbons (Fsp3) is 0.0870. The van der Waals surface area contributed by atoms with Crippen LogP contribution in [0.4, 0.5) is 10.2 Å². The number of nitrogens with zero attached hydrogens (tertiary/aromatic N) is 4. The number of hydrogen-bond acceptors (Lipinski definition) is 6. The van der Waals surface area contributed by atoms with Gasteiger partial charge in [-0.3, -0.25) is 14.2 Å². The molecule has 9 heteroatoms. The molecule has 158 valence electrons. The van der Waals surface area contributed by atoms with Crippen molar-refractivity contribution < 1.29 is 9.18 Å². The van der Waals surface area contributed by atoms with E-state index in [1.165, 1.54) is 41.2 Å². The number of benzene rings is 2. The maximum absolute atomic E-state index is 13.5. The Bertz CT molecular complexity index is 1440. The van der Waals surface area contributed by atoms with Crippen LogP contribution in [0.3, 0.4) is 0 Å². The second-order valence-electron chi connectivity index (χ2n) is 6.92. The Morgan fingerprint density at radius 2 is 1.91 bits per heavy atom. The average Bonchev–Trinajstić information content (AvgIpc) is 2.79. The summed E-state index contributed by atoms with van der Waals surface area (Å²) in [7, 11) is 0. The maximum Gasteiger partial charge on any atom is 0.274 e. The maximum atomic E-state index is 13.5. The first kappa shape index (κ1) is 20.7. The number of terminal acetylenes is 1. The van der Waals surface area contributed by atoms with Gasteiger partial charge in [-0.2, -0.15) is 0 Å². The fourth-order valence-electron chi connectivity index (χ4n) is 3.35. The molecule has 0 aliphatic heterocycles. The van der Waals surface area contributed by atoms with Gasteiger partial charge in [0.2, 0.25) is 0 Å². The molecular weight excluding hydrogens is 411 g/mol. The normalized spacial score (nSPS) is 11.7. The van der Waals surface area contributed by atoms with Crippen molar-refractivity contribution in [3.8, 4) is 18.0 Å². The van der Waals surface area contributed by atoms with Gasteiger partial charge in [0.1, 0.15) is 11.6 Å². The molecule has 1 amide bonds. The third-order valence-corrected chi connectivity index (χ3v) is 4.84. The lowest BCUT2D eigenvalue weighted by Crippen LogP contribution is -2.34. The van der Waals surface area contributed by atoms with Gasteiger partial charge < -0.3 is 11.1 Å². The van der Waals surface area contributed by atoms with E-state index in [1.54, 1.807) is 25.1 Å². The standard InChI is InChI=1S/C23H17FN6O2/c1-3-14-5-4-6-17-18(14)23(32)30(16-9-7-15(24)8-10-16)21(29-17)13(2)28-22(31)19-20(25)27-12-11-26-19/h1,4-13H,2H3,(H2,25,27)(H,28,31). The van der Waals surface area contributed by atoms with E-state index >= 15 is 0 Å². The van der Waals surface area contributed by atoms with Crippen molar-refractivity contribution in [3.63, 3.8) is 0 Å². The molecule has 3 N–H and O–H groups in total. The van der Waals surface area contributed by atoms with Gasteiger partial charge in [-0.15, -0.1) is 6.42 Å². The summed E-state index contributed by atoms with van der Waals surface area (Å²) in [5.74, 6) is 1.65. The molecule has 8 nitrogen and oxygen atoms in total. The van der Waals surface area contributed by atoms with Crippen molar-refractivity contribution in [2.24, 2.45) is 0 Å². The second-order valence-corrected chi connectivity index (χ2v) is 6.92. The van der Waals surface area contributed by atoms with Crippen LogP contribution in [-0.4, -0.2) is 25.4 Å². The van der Waals surface area contributed by atoms with Crippen LogP contribution in [0.15, 0.2) is 59.7 Å². The first-order chi connectivity index (χ1) is 15.4. The number of amides is 1. The Morgan fingerprint density at radius 3 is 2.59 bits per heavy atom.